The topological polar surface area (TPSA) is 91.0 Å². The molecule has 2 N–H and O–H groups in total. The molecule has 2 amide bonds. The number of nitrogens with zero attached hydrogens (tertiary/aromatic N) is 3. The van der Waals surface area contributed by atoms with E-state index >= 15 is 0 Å². The number of aromatic nitrogens is 3. The quantitative estimate of drug-likeness (QED) is 0.813. The van der Waals surface area contributed by atoms with Gasteiger partial charge >= 0.3 is 0 Å². The van der Waals surface area contributed by atoms with Crippen LogP contribution in [0.15, 0.2) is 36.7 Å². The first-order chi connectivity index (χ1) is 9.66. The number of rotatable bonds is 5. The van der Waals surface area contributed by atoms with Crippen molar-refractivity contribution in [3.05, 3.63) is 48.0 Å². The number of carbonyl (C=O) groups is 2. The van der Waals surface area contributed by atoms with Gasteiger partial charge in [0, 0.05) is 12.6 Å². The van der Waals surface area contributed by atoms with Gasteiger partial charge in [0.05, 0.1) is 13.1 Å². The van der Waals surface area contributed by atoms with Crippen molar-refractivity contribution in [2.75, 3.05) is 13.6 Å². The number of carbonyl (C=O) groups excluding carboxylic acids is 2. The number of likely N-dealkylation sites (N-methyl/N-ethyl adjacent to an activating group) is 1. The van der Waals surface area contributed by atoms with Crippen molar-refractivity contribution in [1.29, 1.82) is 0 Å². The molecular weight excluding hydrogens is 258 g/mol. The Bertz CT molecular complexity index is 568. The van der Waals surface area contributed by atoms with Crippen LogP contribution in [-0.4, -0.2) is 45.5 Å². The largest absolute Gasteiger partial charge is 0.347 e. The summed E-state index contributed by atoms with van der Waals surface area (Å²) >= 11 is 0. The Balaban J connectivity index is 1.83. The van der Waals surface area contributed by atoms with Gasteiger partial charge in [-0.05, 0) is 12.1 Å². The summed E-state index contributed by atoms with van der Waals surface area (Å²) < 4.78 is 0. The van der Waals surface area contributed by atoms with E-state index < -0.39 is 0 Å². The SMILES string of the molecule is CN(CC(=O)NCc1ncn[nH]1)C(=O)c1ccccc1. The lowest BCUT2D eigenvalue weighted by molar-refractivity contribution is -0.121. The van der Waals surface area contributed by atoms with E-state index in [0.29, 0.717) is 11.4 Å². The summed E-state index contributed by atoms with van der Waals surface area (Å²) in [5, 5.41) is 8.97. The molecule has 1 aromatic heterocycles. The van der Waals surface area contributed by atoms with Crippen LogP contribution in [0.3, 0.4) is 0 Å². The lowest BCUT2D eigenvalue weighted by atomic mass is 10.2. The fourth-order valence-corrected chi connectivity index (χ4v) is 1.64. The molecule has 7 heteroatoms. The zero-order valence-electron chi connectivity index (χ0n) is 11.0. The van der Waals surface area contributed by atoms with Gasteiger partial charge < -0.3 is 10.2 Å². The summed E-state index contributed by atoms with van der Waals surface area (Å²) in [6.45, 7) is 0.244. The lowest BCUT2D eigenvalue weighted by Crippen LogP contribution is -2.38. The third kappa shape index (κ3) is 3.64. The molecule has 0 bridgehead atoms. The number of amides is 2. The minimum Gasteiger partial charge on any atom is -0.347 e. The van der Waals surface area contributed by atoms with E-state index in [1.807, 2.05) is 6.07 Å². The Kier molecular flexibility index (Phi) is 4.43. The molecule has 104 valence electrons. The fourth-order valence-electron chi connectivity index (χ4n) is 1.64. The summed E-state index contributed by atoms with van der Waals surface area (Å²) in [4.78, 5) is 29.0. The highest BCUT2D eigenvalue weighted by Gasteiger charge is 2.14. The van der Waals surface area contributed by atoms with Crippen LogP contribution in [0.2, 0.25) is 0 Å². The molecule has 2 aromatic rings. The Morgan fingerprint density at radius 3 is 2.70 bits per heavy atom. The maximum absolute atomic E-state index is 12.0. The van der Waals surface area contributed by atoms with Gasteiger partial charge in [-0.3, -0.25) is 14.7 Å². The molecule has 0 aliphatic carbocycles. The van der Waals surface area contributed by atoms with Gasteiger partial charge in [0.1, 0.15) is 12.2 Å². The second-order valence-electron chi connectivity index (χ2n) is 4.24. The van der Waals surface area contributed by atoms with Crippen LogP contribution in [0.1, 0.15) is 16.2 Å². The van der Waals surface area contributed by atoms with Crippen LogP contribution < -0.4 is 5.32 Å². The van der Waals surface area contributed by atoms with Crippen LogP contribution in [0, 0.1) is 0 Å². The third-order valence-corrected chi connectivity index (χ3v) is 2.67. The van der Waals surface area contributed by atoms with Gasteiger partial charge in [0.15, 0.2) is 0 Å². The number of aromatic amines is 1. The van der Waals surface area contributed by atoms with E-state index in [-0.39, 0.29) is 24.9 Å². The monoisotopic (exact) mass is 273 g/mol. The standard InChI is InChI=1S/C13H15N5O2/c1-18(13(20)10-5-3-2-4-6-10)8-12(19)14-7-11-15-9-16-17-11/h2-6,9H,7-8H2,1H3,(H,14,19)(H,15,16,17). The molecule has 20 heavy (non-hydrogen) atoms. The molecular formula is C13H15N5O2. The molecule has 2 rings (SSSR count). The minimum atomic E-state index is -0.256. The normalized spacial score (nSPS) is 10.1. The smallest absolute Gasteiger partial charge is 0.254 e. The van der Waals surface area contributed by atoms with Crippen molar-refractivity contribution in [1.82, 2.24) is 25.4 Å². The van der Waals surface area contributed by atoms with Crippen LogP contribution >= 0.6 is 0 Å². The van der Waals surface area contributed by atoms with E-state index in [9.17, 15) is 9.59 Å². The highest BCUT2D eigenvalue weighted by molar-refractivity contribution is 5.96. The maximum Gasteiger partial charge on any atom is 0.254 e. The molecule has 0 aliphatic rings. The van der Waals surface area contributed by atoms with Crippen LogP contribution in [0.25, 0.3) is 0 Å². The van der Waals surface area contributed by atoms with Crippen molar-refractivity contribution in [3.63, 3.8) is 0 Å². The third-order valence-electron chi connectivity index (χ3n) is 2.67. The zero-order valence-corrected chi connectivity index (χ0v) is 11.0. The van der Waals surface area contributed by atoms with Crippen molar-refractivity contribution in [2.45, 2.75) is 6.54 Å². The number of benzene rings is 1. The van der Waals surface area contributed by atoms with E-state index in [1.165, 1.54) is 11.2 Å². The Morgan fingerprint density at radius 2 is 2.05 bits per heavy atom. The molecule has 0 spiro atoms. The molecule has 1 aromatic carbocycles. The minimum absolute atomic E-state index is 0.0120. The van der Waals surface area contributed by atoms with Crippen molar-refractivity contribution < 1.29 is 9.59 Å². The van der Waals surface area contributed by atoms with Gasteiger partial charge in [-0.25, -0.2) is 4.98 Å². The first kappa shape index (κ1) is 13.7. The van der Waals surface area contributed by atoms with Crippen LogP contribution in [0.4, 0.5) is 0 Å². The molecule has 0 saturated carbocycles. The number of H-pyrrole nitrogens is 1. The van der Waals surface area contributed by atoms with Crippen molar-refractivity contribution in [2.24, 2.45) is 0 Å². The summed E-state index contributed by atoms with van der Waals surface area (Å²) in [5.74, 6) is 0.115. The van der Waals surface area contributed by atoms with E-state index in [4.69, 9.17) is 0 Å². The highest BCUT2D eigenvalue weighted by atomic mass is 16.2. The molecule has 0 aliphatic heterocycles. The van der Waals surface area contributed by atoms with Gasteiger partial charge in [-0.2, -0.15) is 5.10 Å². The molecule has 0 fully saturated rings. The molecule has 0 atom stereocenters. The number of hydrogen-bond acceptors (Lipinski definition) is 4. The second-order valence-corrected chi connectivity index (χ2v) is 4.24. The van der Waals surface area contributed by atoms with E-state index in [2.05, 4.69) is 20.5 Å². The van der Waals surface area contributed by atoms with E-state index in [1.54, 1.807) is 31.3 Å². The summed E-state index contributed by atoms with van der Waals surface area (Å²) in [6, 6.07) is 8.83. The Labute approximate surface area is 116 Å². The summed E-state index contributed by atoms with van der Waals surface area (Å²) in [5.41, 5.74) is 0.554. The first-order valence-corrected chi connectivity index (χ1v) is 6.08. The maximum atomic E-state index is 12.0. The van der Waals surface area contributed by atoms with Gasteiger partial charge in [-0.15, -0.1) is 0 Å². The average Bonchev–Trinajstić information content (AvgIpc) is 2.98. The second kappa shape index (κ2) is 6.46. The summed E-state index contributed by atoms with van der Waals surface area (Å²) in [7, 11) is 1.59. The Hall–Kier alpha value is -2.70. The molecule has 0 radical (unpaired) electrons. The Morgan fingerprint density at radius 1 is 1.30 bits per heavy atom. The van der Waals surface area contributed by atoms with Gasteiger partial charge in [0.25, 0.3) is 5.91 Å². The number of nitrogens with one attached hydrogen (secondary N) is 2. The highest BCUT2D eigenvalue weighted by Crippen LogP contribution is 2.02. The zero-order chi connectivity index (χ0) is 14.4. The van der Waals surface area contributed by atoms with E-state index in [0.717, 1.165) is 0 Å². The lowest BCUT2D eigenvalue weighted by Gasteiger charge is -2.16. The van der Waals surface area contributed by atoms with Crippen LogP contribution in [0.5, 0.6) is 0 Å². The predicted octanol–water partition coefficient (Wildman–Crippen LogP) is 0.193. The van der Waals surface area contributed by atoms with Gasteiger partial charge in [0.2, 0.25) is 5.91 Å². The number of hydrogen-bond donors (Lipinski definition) is 2. The molecule has 0 saturated heterocycles. The van der Waals surface area contributed by atoms with Crippen molar-refractivity contribution >= 4 is 11.8 Å². The van der Waals surface area contributed by atoms with Crippen LogP contribution in [-0.2, 0) is 11.3 Å². The molecule has 0 unspecified atom stereocenters. The molecule has 1 heterocycles. The predicted molar refractivity (Wildman–Crippen MR) is 71.6 cm³/mol. The fraction of sp³-hybridized carbons (Fsp3) is 0.231. The molecule has 7 nitrogen and oxygen atoms in total. The summed E-state index contributed by atoms with van der Waals surface area (Å²) in [6.07, 6.45) is 1.37. The first-order valence-electron chi connectivity index (χ1n) is 6.08. The van der Waals surface area contributed by atoms with Crippen molar-refractivity contribution in [3.8, 4) is 0 Å². The average molecular weight is 273 g/mol. The van der Waals surface area contributed by atoms with Gasteiger partial charge in [-0.1, -0.05) is 18.2 Å².